The van der Waals surface area contributed by atoms with E-state index in [0.29, 0.717) is 17.4 Å². The molecule has 0 radical (unpaired) electrons. The molecule has 1 fully saturated rings. The number of ketones is 1. The summed E-state index contributed by atoms with van der Waals surface area (Å²) < 4.78 is 1.55. The lowest BCUT2D eigenvalue weighted by Gasteiger charge is -2.27. The Morgan fingerprint density at radius 1 is 1.36 bits per heavy atom. The summed E-state index contributed by atoms with van der Waals surface area (Å²) in [6, 6.07) is 1.57. The van der Waals surface area contributed by atoms with Gasteiger partial charge >= 0.3 is 0 Å². The number of Topliss-reactive ketones (excluding diaryl/α,β-unsaturated/α-hetero) is 1. The number of hydrogen-bond donors (Lipinski definition) is 3. The molecule has 1 aromatic rings. The van der Waals surface area contributed by atoms with Crippen LogP contribution in [0.15, 0.2) is 11.0 Å². The highest BCUT2D eigenvalue weighted by Crippen LogP contribution is 2.41. The van der Waals surface area contributed by atoms with Crippen molar-refractivity contribution < 1.29 is 15.0 Å². The van der Waals surface area contributed by atoms with Crippen LogP contribution in [-0.4, -0.2) is 25.4 Å². The Bertz CT molecular complexity index is 540. The fourth-order valence-electron chi connectivity index (χ4n) is 3.05. The van der Waals surface area contributed by atoms with Crippen LogP contribution in [0.1, 0.15) is 46.5 Å². The molecule has 5 nitrogen and oxygen atoms in total. The van der Waals surface area contributed by atoms with Crippen LogP contribution in [0.25, 0.3) is 0 Å². The average Bonchev–Trinajstić information content (AvgIpc) is 2.65. The minimum absolute atomic E-state index is 0.0675. The van der Waals surface area contributed by atoms with Gasteiger partial charge in [0.05, 0.1) is 9.77 Å². The fourth-order valence-corrected chi connectivity index (χ4v) is 3.98. The van der Waals surface area contributed by atoms with Gasteiger partial charge in [0.25, 0.3) is 0 Å². The van der Waals surface area contributed by atoms with E-state index in [9.17, 15) is 15.0 Å². The number of aromatic nitrogens is 1. The van der Waals surface area contributed by atoms with Crippen molar-refractivity contribution in [3.8, 4) is 11.8 Å². The average molecular weight is 326 g/mol. The standard InChI is InChI=1S/C16H26N2O3S/c1-10(19)12-6-4-11(5-7-12)9-18-14(20)8-13(15(18)21)22-16(2,3)17/h8,11-12,20-21H,4-7,9,17H2,1-3H3. The molecule has 0 aromatic carbocycles. The van der Waals surface area contributed by atoms with Crippen LogP contribution in [-0.2, 0) is 11.3 Å². The summed E-state index contributed by atoms with van der Waals surface area (Å²) >= 11 is 1.33. The van der Waals surface area contributed by atoms with Crippen molar-refractivity contribution in [3.05, 3.63) is 6.07 Å². The van der Waals surface area contributed by atoms with Gasteiger partial charge in [-0.2, -0.15) is 0 Å². The van der Waals surface area contributed by atoms with Crippen molar-refractivity contribution in [2.45, 2.75) is 62.8 Å². The van der Waals surface area contributed by atoms with E-state index in [-0.39, 0.29) is 23.5 Å². The van der Waals surface area contributed by atoms with Gasteiger partial charge in [-0.1, -0.05) is 11.8 Å². The molecule has 1 aliphatic rings. The largest absolute Gasteiger partial charge is 0.494 e. The normalized spacial score (nSPS) is 22.7. The molecule has 1 aliphatic carbocycles. The van der Waals surface area contributed by atoms with Gasteiger partial charge in [-0.25, -0.2) is 0 Å². The molecule has 0 unspecified atom stereocenters. The van der Waals surface area contributed by atoms with Gasteiger partial charge in [0.15, 0.2) is 5.88 Å². The molecule has 124 valence electrons. The number of hydrogen-bond acceptors (Lipinski definition) is 5. The minimum Gasteiger partial charge on any atom is -0.494 e. The predicted octanol–water partition coefficient (Wildman–Crippen LogP) is 3.08. The van der Waals surface area contributed by atoms with E-state index in [2.05, 4.69) is 0 Å². The summed E-state index contributed by atoms with van der Waals surface area (Å²) in [6.45, 7) is 5.95. The number of carbonyl (C=O) groups is 1. The highest BCUT2D eigenvalue weighted by Gasteiger charge is 2.27. The molecule has 0 amide bonds. The first-order valence-corrected chi connectivity index (χ1v) is 8.59. The summed E-state index contributed by atoms with van der Waals surface area (Å²) in [4.78, 5) is 11.5. The van der Waals surface area contributed by atoms with Crippen molar-refractivity contribution in [2.75, 3.05) is 0 Å². The zero-order valence-corrected chi connectivity index (χ0v) is 14.3. The maximum atomic E-state index is 11.4. The summed E-state index contributed by atoms with van der Waals surface area (Å²) in [5, 5.41) is 20.4. The first-order chi connectivity index (χ1) is 10.2. The Hall–Kier alpha value is -1.14. The topological polar surface area (TPSA) is 88.5 Å². The van der Waals surface area contributed by atoms with E-state index in [4.69, 9.17) is 5.73 Å². The lowest BCUT2D eigenvalue weighted by atomic mass is 9.80. The third-order valence-electron chi connectivity index (χ3n) is 4.25. The molecular formula is C16H26N2O3S. The maximum Gasteiger partial charge on any atom is 0.208 e. The van der Waals surface area contributed by atoms with E-state index in [1.807, 2.05) is 13.8 Å². The summed E-state index contributed by atoms with van der Waals surface area (Å²) in [5.41, 5.74) is 5.95. The second-order valence-corrected chi connectivity index (χ2v) is 8.53. The molecule has 1 aromatic heterocycles. The molecule has 0 atom stereocenters. The third-order valence-corrected chi connectivity index (χ3v) is 5.29. The second-order valence-electron chi connectivity index (χ2n) is 6.83. The SMILES string of the molecule is CC(=O)C1CCC(Cn2c(O)cc(SC(C)(C)N)c2O)CC1. The molecule has 0 bridgehead atoms. The van der Waals surface area contributed by atoms with Crippen molar-refractivity contribution in [3.63, 3.8) is 0 Å². The fraction of sp³-hybridized carbons (Fsp3) is 0.688. The molecule has 0 aliphatic heterocycles. The van der Waals surface area contributed by atoms with Gasteiger partial charge in [0, 0.05) is 18.5 Å². The number of nitrogens with zero attached hydrogens (tertiary/aromatic N) is 1. The Kier molecular flexibility index (Phi) is 5.12. The maximum absolute atomic E-state index is 11.4. The summed E-state index contributed by atoms with van der Waals surface area (Å²) in [7, 11) is 0. The molecule has 0 saturated heterocycles. The molecule has 6 heteroatoms. The smallest absolute Gasteiger partial charge is 0.208 e. The number of nitrogens with two attached hydrogens (primary N) is 1. The number of carbonyl (C=O) groups excluding carboxylic acids is 1. The Morgan fingerprint density at radius 2 is 1.95 bits per heavy atom. The van der Waals surface area contributed by atoms with Crippen LogP contribution >= 0.6 is 11.8 Å². The lowest BCUT2D eigenvalue weighted by molar-refractivity contribution is -0.121. The first-order valence-electron chi connectivity index (χ1n) is 7.77. The number of aromatic hydroxyl groups is 2. The Morgan fingerprint density at radius 3 is 2.45 bits per heavy atom. The Labute approximate surface area is 135 Å². The van der Waals surface area contributed by atoms with Crippen molar-refractivity contribution in [1.82, 2.24) is 4.57 Å². The highest BCUT2D eigenvalue weighted by atomic mass is 32.2. The van der Waals surface area contributed by atoms with Crippen LogP contribution < -0.4 is 5.73 Å². The van der Waals surface area contributed by atoms with E-state index in [0.717, 1.165) is 25.7 Å². The van der Waals surface area contributed by atoms with E-state index >= 15 is 0 Å². The molecule has 0 spiro atoms. The first kappa shape index (κ1) is 17.2. The monoisotopic (exact) mass is 326 g/mol. The lowest BCUT2D eigenvalue weighted by Crippen LogP contribution is -2.26. The van der Waals surface area contributed by atoms with E-state index in [1.165, 1.54) is 11.8 Å². The van der Waals surface area contributed by atoms with Gasteiger partial charge in [-0.15, -0.1) is 0 Å². The van der Waals surface area contributed by atoms with E-state index in [1.54, 1.807) is 17.6 Å². The zero-order valence-electron chi connectivity index (χ0n) is 13.5. The molecular weight excluding hydrogens is 300 g/mol. The summed E-state index contributed by atoms with van der Waals surface area (Å²) in [6.07, 6.45) is 3.71. The third kappa shape index (κ3) is 4.20. The van der Waals surface area contributed by atoms with E-state index < -0.39 is 4.87 Å². The van der Waals surface area contributed by atoms with Crippen LogP contribution in [0.2, 0.25) is 0 Å². The second kappa shape index (κ2) is 6.54. The molecule has 1 heterocycles. The predicted molar refractivity (Wildman–Crippen MR) is 88.0 cm³/mol. The number of rotatable bonds is 5. The van der Waals surface area contributed by atoms with Crippen LogP contribution in [0.3, 0.4) is 0 Å². The van der Waals surface area contributed by atoms with Gasteiger partial charge < -0.3 is 15.9 Å². The van der Waals surface area contributed by atoms with Gasteiger partial charge in [-0.05, 0) is 52.4 Å². The van der Waals surface area contributed by atoms with Crippen LogP contribution in [0, 0.1) is 11.8 Å². The van der Waals surface area contributed by atoms with Crippen molar-refractivity contribution in [1.29, 1.82) is 0 Å². The molecule has 1 saturated carbocycles. The zero-order chi connectivity index (χ0) is 16.5. The highest BCUT2D eigenvalue weighted by molar-refractivity contribution is 8.00. The quantitative estimate of drug-likeness (QED) is 0.571. The number of thioether (sulfide) groups is 1. The molecule has 4 N–H and O–H groups in total. The van der Waals surface area contributed by atoms with Gasteiger partial charge in [-0.3, -0.25) is 9.36 Å². The van der Waals surface area contributed by atoms with Crippen LogP contribution in [0.5, 0.6) is 11.8 Å². The Balaban J connectivity index is 2.03. The van der Waals surface area contributed by atoms with Crippen molar-refractivity contribution in [2.24, 2.45) is 17.6 Å². The summed E-state index contributed by atoms with van der Waals surface area (Å²) in [5.74, 6) is 0.984. The van der Waals surface area contributed by atoms with Gasteiger partial charge in [0.2, 0.25) is 5.88 Å². The van der Waals surface area contributed by atoms with Crippen LogP contribution in [0.4, 0.5) is 0 Å². The molecule has 22 heavy (non-hydrogen) atoms. The van der Waals surface area contributed by atoms with Crippen molar-refractivity contribution >= 4 is 17.5 Å². The minimum atomic E-state index is -0.518. The van der Waals surface area contributed by atoms with Gasteiger partial charge in [0.1, 0.15) is 5.78 Å². The molecule has 2 rings (SSSR count).